The van der Waals surface area contributed by atoms with Crippen LogP contribution in [0.4, 0.5) is 0 Å². The Kier molecular flexibility index (Phi) is 6.12. The number of rotatable bonds is 8. The standard InChI is InChI=1S/C17H27N3S/c1-13(2)8-10-21-17-15(12-18-11-14(3)4)20-9-6-5-7-16(20)19-17/h5-7,9,13-14,18H,8,10-12H2,1-4H3. The van der Waals surface area contributed by atoms with Gasteiger partial charge in [-0.3, -0.25) is 0 Å². The molecule has 0 aliphatic carbocycles. The molecule has 0 saturated heterocycles. The van der Waals surface area contributed by atoms with Gasteiger partial charge in [0.1, 0.15) is 10.7 Å². The second-order valence-electron chi connectivity index (χ2n) is 6.35. The lowest BCUT2D eigenvalue weighted by Gasteiger charge is -2.09. The Morgan fingerprint density at radius 2 is 2.00 bits per heavy atom. The molecular weight excluding hydrogens is 278 g/mol. The van der Waals surface area contributed by atoms with Crippen LogP contribution in [0.25, 0.3) is 5.65 Å². The summed E-state index contributed by atoms with van der Waals surface area (Å²) in [5.74, 6) is 2.55. The number of hydrogen-bond donors (Lipinski definition) is 1. The number of pyridine rings is 1. The molecule has 2 heterocycles. The third-order valence-corrected chi connectivity index (χ3v) is 4.41. The Morgan fingerprint density at radius 3 is 2.71 bits per heavy atom. The molecule has 0 unspecified atom stereocenters. The zero-order valence-electron chi connectivity index (χ0n) is 13.6. The Morgan fingerprint density at radius 1 is 1.19 bits per heavy atom. The minimum atomic E-state index is 0.668. The molecule has 4 heteroatoms. The van der Waals surface area contributed by atoms with Gasteiger partial charge in [-0.15, -0.1) is 11.8 Å². The summed E-state index contributed by atoms with van der Waals surface area (Å²) < 4.78 is 2.21. The van der Waals surface area contributed by atoms with E-state index in [1.807, 2.05) is 11.8 Å². The molecule has 0 fully saturated rings. The monoisotopic (exact) mass is 305 g/mol. The Hall–Kier alpha value is -1.00. The number of aromatic nitrogens is 2. The maximum Gasteiger partial charge on any atom is 0.138 e. The van der Waals surface area contributed by atoms with Crippen LogP contribution in [0.15, 0.2) is 29.4 Å². The summed E-state index contributed by atoms with van der Waals surface area (Å²) >= 11 is 1.89. The molecule has 0 amide bonds. The van der Waals surface area contributed by atoms with Crippen molar-refractivity contribution in [2.24, 2.45) is 11.8 Å². The lowest BCUT2D eigenvalue weighted by atomic mass is 10.2. The van der Waals surface area contributed by atoms with Crippen molar-refractivity contribution in [2.45, 2.75) is 45.7 Å². The molecule has 0 aromatic carbocycles. The van der Waals surface area contributed by atoms with Gasteiger partial charge in [-0.25, -0.2) is 4.98 Å². The highest BCUT2D eigenvalue weighted by atomic mass is 32.2. The zero-order chi connectivity index (χ0) is 15.2. The highest BCUT2D eigenvalue weighted by molar-refractivity contribution is 7.99. The summed E-state index contributed by atoms with van der Waals surface area (Å²) in [6.07, 6.45) is 3.35. The number of thioether (sulfide) groups is 1. The Balaban J connectivity index is 2.13. The normalized spacial score (nSPS) is 11.9. The van der Waals surface area contributed by atoms with Crippen molar-refractivity contribution in [2.75, 3.05) is 12.3 Å². The number of hydrogen-bond acceptors (Lipinski definition) is 3. The predicted molar refractivity (Wildman–Crippen MR) is 91.9 cm³/mol. The number of nitrogens with zero attached hydrogens (tertiary/aromatic N) is 2. The molecule has 21 heavy (non-hydrogen) atoms. The molecule has 116 valence electrons. The van der Waals surface area contributed by atoms with Crippen LogP contribution in [0.5, 0.6) is 0 Å². The first-order valence-electron chi connectivity index (χ1n) is 7.87. The van der Waals surface area contributed by atoms with Crippen LogP contribution in [0.1, 0.15) is 39.8 Å². The first-order chi connectivity index (χ1) is 10.1. The van der Waals surface area contributed by atoms with Crippen molar-refractivity contribution in [3.05, 3.63) is 30.1 Å². The van der Waals surface area contributed by atoms with Gasteiger partial charge in [0, 0.05) is 12.7 Å². The molecule has 0 atom stereocenters. The SMILES string of the molecule is CC(C)CCSc1nc2ccccn2c1CNCC(C)C. The van der Waals surface area contributed by atoms with E-state index in [0.717, 1.165) is 30.4 Å². The fourth-order valence-corrected chi connectivity index (χ4v) is 3.45. The molecule has 0 saturated carbocycles. The van der Waals surface area contributed by atoms with Crippen molar-refractivity contribution < 1.29 is 0 Å². The summed E-state index contributed by atoms with van der Waals surface area (Å²) in [5.41, 5.74) is 2.34. The average molecular weight is 305 g/mol. The first kappa shape index (κ1) is 16.4. The smallest absolute Gasteiger partial charge is 0.138 e. The van der Waals surface area contributed by atoms with Crippen LogP contribution in [-0.2, 0) is 6.54 Å². The van der Waals surface area contributed by atoms with Crippen LogP contribution in [0.2, 0.25) is 0 Å². The minimum Gasteiger partial charge on any atom is -0.311 e. The van der Waals surface area contributed by atoms with E-state index >= 15 is 0 Å². The number of nitrogens with one attached hydrogen (secondary N) is 1. The van der Waals surface area contributed by atoms with Gasteiger partial charge in [-0.1, -0.05) is 33.8 Å². The summed E-state index contributed by atoms with van der Waals surface area (Å²) in [7, 11) is 0. The highest BCUT2D eigenvalue weighted by Crippen LogP contribution is 2.25. The Labute approximate surface area is 132 Å². The van der Waals surface area contributed by atoms with E-state index in [2.05, 4.69) is 61.8 Å². The van der Waals surface area contributed by atoms with Crippen molar-refractivity contribution >= 4 is 17.4 Å². The molecule has 2 aromatic heterocycles. The van der Waals surface area contributed by atoms with Crippen LogP contribution >= 0.6 is 11.8 Å². The third kappa shape index (κ3) is 4.75. The molecule has 2 aromatic rings. The van der Waals surface area contributed by atoms with E-state index in [-0.39, 0.29) is 0 Å². The van der Waals surface area contributed by atoms with E-state index in [1.165, 1.54) is 17.1 Å². The summed E-state index contributed by atoms with van der Waals surface area (Å²) in [4.78, 5) is 4.79. The Bertz CT molecular complexity index is 560. The minimum absolute atomic E-state index is 0.668. The van der Waals surface area contributed by atoms with Gasteiger partial charge in [0.2, 0.25) is 0 Å². The zero-order valence-corrected chi connectivity index (χ0v) is 14.4. The summed E-state index contributed by atoms with van der Waals surface area (Å²) in [5, 5.41) is 4.72. The van der Waals surface area contributed by atoms with Crippen molar-refractivity contribution in [3.63, 3.8) is 0 Å². The van der Waals surface area contributed by atoms with Gasteiger partial charge in [0.15, 0.2) is 0 Å². The molecule has 2 rings (SSSR count). The highest BCUT2D eigenvalue weighted by Gasteiger charge is 2.12. The van der Waals surface area contributed by atoms with E-state index in [0.29, 0.717) is 5.92 Å². The average Bonchev–Trinajstić information content (AvgIpc) is 2.76. The second-order valence-corrected chi connectivity index (χ2v) is 7.43. The fraction of sp³-hybridized carbons (Fsp3) is 0.588. The maximum atomic E-state index is 4.79. The lowest BCUT2D eigenvalue weighted by Crippen LogP contribution is -2.20. The first-order valence-corrected chi connectivity index (χ1v) is 8.86. The lowest BCUT2D eigenvalue weighted by molar-refractivity contribution is 0.544. The quantitative estimate of drug-likeness (QED) is 0.741. The topological polar surface area (TPSA) is 29.3 Å². The van der Waals surface area contributed by atoms with Gasteiger partial charge >= 0.3 is 0 Å². The fourth-order valence-electron chi connectivity index (χ4n) is 2.17. The van der Waals surface area contributed by atoms with Crippen molar-refractivity contribution in [1.29, 1.82) is 0 Å². The number of imidazole rings is 1. The van der Waals surface area contributed by atoms with Crippen molar-refractivity contribution in [1.82, 2.24) is 14.7 Å². The maximum absolute atomic E-state index is 4.79. The van der Waals surface area contributed by atoms with E-state index in [1.54, 1.807) is 0 Å². The molecular formula is C17H27N3S. The molecule has 0 radical (unpaired) electrons. The number of fused-ring (bicyclic) bond motifs is 1. The van der Waals surface area contributed by atoms with Crippen LogP contribution < -0.4 is 5.32 Å². The molecule has 0 bridgehead atoms. The van der Waals surface area contributed by atoms with Crippen LogP contribution in [-0.4, -0.2) is 21.7 Å². The second kappa shape index (κ2) is 7.85. The summed E-state index contributed by atoms with van der Waals surface area (Å²) in [6, 6.07) is 6.21. The van der Waals surface area contributed by atoms with Gasteiger partial charge < -0.3 is 9.72 Å². The predicted octanol–water partition coefficient (Wildman–Crippen LogP) is 4.22. The van der Waals surface area contributed by atoms with E-state index in [9.17, 15) is 0 Å². The van der Waals surface area contributed by atoms with E-state index in [4.69, 9.17) is 4.98 Å². The van der Waals surface area contributed by atoms with Crippen LogP contribution in [0, 0.1) is 11.8 Å². The molecule has 3 nitrogen and oxygen atoms in total. The van der Waals surface area contributed by atoms with E-state index < -0.39 is 0 Å². The third-order valence-electron chi connectivity index (χ3n) is 3.37. The van der Waals surface area contributed by atoms with Gasteiger partial charge in [-0.2, -0.15) is 0 Å². The molecule has 0 spiro atoms. The van der Waals surface area contributed by atoms with Gasteiger partial charge in [0.05, 0.1) is 5.69 Å². The van der Waals surface area contributed by atoms with Gasteiger partial charge in [0.25, 0.3) is 0 Å². The van der Waals surface area contributed by atoms with Crippen LogP contribution in [0.3, 0.4) is 0 Å². The van der Waals surface area contributed by atoms with Crippen molar-refractivity contribution in [3.8, 4) is 0 Å². The molecule has 1 N–H and O–H groups in total. The largest absolute Gasteiger partial charge is 0.311 e. The molecule has 0 aliphatic heterocycles. The summed E-state index contributed by atoms with van der Waals surface area (Å²) in [6.45, 7) is 10.9. The van der Waals surface area contributed by atoms with Gasteiger partial charge in [-0.05, 0) is 42.7 Å². The molecule has 0 aliphatic rings.